The summed E-state index contributed by atoms with van der Waals surface area (Å²) in [6.45, 7) is 1.43. The molecule has 12 heteroatoms. The molecule has 5 rings (SSSR count). The average Bonchev–Trinajstić information content (AvgIpc) is 3.39. The van der Waals surface area contributed by atoms with E-state index in [-0.39, 0.29) is 22.5 Å². The second-order valence-corrected chi connectivity index (χ2v) is 9.85. The second kappa shape index (κ2) is 11.0. The van der Waals surface area contributed by atoms with Gasteiger partial charge in [-0.1, -0.05) is 18.2 Å². The summed E-state index contributed by atoms with van der Waals surface area (Å²) in [5, 5.41) is 6.63. The fourth-order valence-electron chi connectivity index (χ4n) is 3.83. The Kier molecular flexibility index (Phi) is 7.52. The summed E-state index contributed by atoms with van der Waals surface area (Å²) in [7, 11) is 0. The summed E-state index contributed by atoms with van der Waals surface area (Å²) in [6, 6.07) is 18.0. The second-order valence-electron chi connectivity index (χ2n) is 8.60. The number of alkyl halides is 3. The Morgan fingerprint density at radius 1 is 1.07 bits per heavy atom. The number of hydrogen-bond acceptors (Lipinski definition) is 6. The number of carbonyl (C=O) groups excluding carboxylic acids is 1. The number of nitrogens with zero attached hydrogens (tertiary/aromatic N) is 2. The van der Waals surface area contributed by atoms with Gasteiger partial charge in [0, 0.05) is 15.3 Å². The van der Waals surface area contributed by atoms with E-state index in [1.54, 1.807) is 36.4 Å². The number of fused-ring (bicyclic) bond motifs is 1. The van der Waals surface area contributed by atoms with Gasteiger partial charge in [0.2, 0.25) is 11.2 Å². The predicted molar refractivity (Wildman–Crippen MR) is 149 cm³/mol. The number of hydrogen-bond donors (Lipinski definition) is 1. The van der Waals surface area contributed by atoms with Crippen LogP contribution in [0.3, 0.4) is 0 Å². The molecule has 0 unspecified atom stereocenters. The number of amides is 1. The molecule has 3 aromatic carbocycles. The Bertz CT molecular complexity index is 1770. The van der Waals surface area contributed by atoms with Crippen LogP contribution in [0.15, 0.2) is 88.3 Å². The Morgan fingerprint density at radius 3 is 2.58 bits per heavy atom. The number of nitrogens with one attached hydrogen (secondary N) is 1. The van der Waals surface area contributed by atoms with E-state index >= 15 is 0 Å². The standard InChI is InChI=1S/C28H19F3IN3O5/c1-16-11-17(32)7-10-22(16)34-24(36)15-38-19-8-9-21-23(12-19)40-27(28(29,30)31)26(25(21)37)39-20-13-33-35(14-20)18-5-3-2-4-6-18/h2-14H,15H2,1H3,(H,34,36). The average molecular weight is 661 g/mol. The van der Waals surface area contributed by atoms with Crippen LogP contribution in [0.5, 0.6) is 17.2 Å². The van der Waals surface area contributed by atoms with Crippen LogP contribution in [-0.4, -0.2) is 22.3 Å². The summed E-state index contributed by atoms with van der Waals surface area (Å²) in [6.07, 6.45) is -2.50. The van der Waals surface area contributed by atoms with Crippen LogP contribution >= 0.6 is 22.6 Å². The number of carbonyl (C=O) groups is 1. The highest BCUT2D eigenvalue weighted by Crippen LogP contribution is 2.38. The van der Waals surface area contributed by atoms with Crippen molar-refractivity contribution in [3.8, 4) is 22.9 Å². The molecule has 0 aliphatic rings. The lowest BCUT2D eigenvalue weighted by Crippen LogP contribution is -2.20. The highest BCUT2D eigenvalue weighted by molar-refractivity contribution is 14.1. The van der Waals surface area contributed by atoms with Gasteiger partial charge in [0.25, 0.3) is 11.7 Å². The molecule has 0 aliphatic heterocycles. The topological polar surface area (TPSA) is 95.6 Å². The number of anilines is 1. The molecule has 1 N–H and O–H groups in total. The maximum Gasteiger partial charge on any atom is 0.453 e. The normalized spacial score (nSPS) is 11.4. The molecule has 8 nitrogen and oxygen atoms in total. The molecule has 0 saturated heterocycles. The molecule has 0 aliphatic carbocycles. The number of para-hydroxylation sites is 1. The Hall–Kier alpha value is -4.33. The van der Waals surface area contributed by atoms with Gasteiger partial charge in [0.15, 0.2) is 12.4 Å². The summed E-state index contributed by atoms with van der Waals surface area (Å²) >= 11 is 2.16. The van der Waals surface area contributed by atoms with Crippen LogP contribution in [0.2, 0.25) is 0 Å². The molecule has 0 fully saturated rings. The first kappa shape index (κ1) is 27.2. The van der Waals surface area contributed by atoms with Crippen molar-refractivity contribution in [1.82, 2.24) is 9.78 Å². The van der Waals surface area contributed by atoms with Crippen molar-refractivity contribution in [3.05, 3.63) is 104 Å². The van der Waals surface area contributed by atoms with Gasteiger partial charge < -0.3 is 19.2 Å². The van der Waals surface area contributed by atoms with Gasteiger partial charge in [-0.05, 0) is 77.5 Å². The van der Waals surface area contributed by atoms with Crippen LogP contribution in [0, 0.1) is 10.5 Å². The first-order valence-electron chi connectivity index (χ1n) is 11.7. The number of halogens is 4. The van der Waals surface area contributed by atoms with Crippen molar-refractivity contribution in [1.29, 1.82) is 0 Å². The van der Waals surface area contributed by atoms with Crippen molar-refractivity contribution < 1.29 is 31.9 Å². The van der Waals surface area contributed by atoms with E-state index in [2.05, 4.69) is 33.0 Å². The third-order valence-electron chi connectivity index (χ3n) is 5.71. The molecule has 204 valence electrons. The Morgan fingerprint density at radius 2 is 1.85 bits per heavy atom. The van der Waals surface area contributed by atoms with Crippen molar-refractivity contribution in [2.24, 2.45) is 0 Å². The molecule has 40 heavy (non-hydrogen) atoms. The smallest absolute Gasteiger partial charge is 0.453 e. The number of benzene rings is 3. The van der Waals surface area contributed by atoms with Crippen molar-refractivity contribution >= 4 is 45.2 Å². The minimum absolute atomic E-state index is 0.0380. The van der Waals surface area contributed by atoms with Crippen LogP contribution in [0.25, 0.3) is 16.7 Å². The van der Waals surface area contributed by atoms with Crippen molar-refractivity contribution in [2.45, 2.75) is 13.1 Å². The summed E-state index contributed by atoms with van der Waals surface area (Å²) < 4.78 is 60.1. The lowest BCUT2D eigenvalue weighted by atomic mass is 10.2. The summed E-state index contributed by atoms with van der Waals surface area (Å²) in [5.41, 5.74) is 0.706. The van der Waals surface area contributed by atoms with Crippen LogP contribution in [0.4, 0.5) is 18.9 Å². The third kappa shape index (κ3) is 5.96. The first-order chi connectivity index (χ1) is 19.1. The van der Waals surface area contributed by atoms with Gasteiger partial charge in [-0.25, -0.2) is 4.68 Å². The van der Waals surface area contributed by atoms with Crippen molar-refractivity contribution in [3.63, 3.8) is 0 Å². The van der Waals surface area contributed by atoms with E-state index in [1.165, 1.54) is 29.2 Å². The molecule has 2 heterocycles. The van der Waals surface area contributed by atoms with Gasteiger partial charge in [0.05, 0.1) is 23.5 Å². The number of aryl methyl sites for hydroxylation is 1. The van der Waals surface area contributed by atoms with Gasteiger partial charge in [-0.2, -0.15) is 18.3 Å². The maximum absolute atomic E-state index is 13.9. The third-order valence-corrected chi connectivity index (χ3v) is 6.38. The molecule has 1 amide bonds. The van der Waals surface area contributed by atoms with E-state index in [4.69, 9.17) is 13.9 Å². The largest absolute Gasteiger partial charge is 0.484 e. The predicted octanol–water partition coefficient (Wildman–Crippen LogP) is 6.72. The molecule has 0 atom stereocenters. The molecular formula is C28H19F3IN3O5. The molecule has 0 bridgehead atoms. The van der Waals surface area contributed by atoms with E-state index in [0.29, 0.717) is 11.4 Å². The zero-order valence-corrected chi connectivity index (χ0v) is 22.8. The number of aromatic nitrogens is 2. The highest BCUT2D eigenvalue weighted by atomic mass is 127. The van der Waals surface area contributed by atoms with Crippen molar-refractivity contribution in [2.75, 3.05) is 11.9 Å². The molecular weight excluding hydrogens is 642 g/mol. The minimum Gasteiger partial charge on any atom is -0.484 e. The van der Waals surface area contributed by atoms with Crippen LogP contribution in [-0.2, 0) is 11.0 Å². The van der Waals surface area contributed by atoms with E-state index in [0.717, 1.165) is 15.2 Å². The lowest BCUT2D eigenvalue weighted by molar-refractivity contribution is -0.154. The molecule has 5 aromatic rings. The van der Waals surface area contributed by atoms with E-state index in [9.17, 15) is 22.8 Å². The van der Waals surface area contributed by atoms with Gasteiger partial charge in [0.1, 0.15) is 11.3 Å². The lowest BCUT2D eigenvalue weighted by Gasteiger charge is -2.13. The van der Waals surface area contributed by atoms with Gasteiger partial charge in [-0.3, -0.25) is 9.59 Å². The van der Waals surface area contributed by atoms with Crippen LogP contribution < -0.4 is 20.2 Å². The van der Waals surface area contributed by atoms with Crippen LogP contribution in [0.1, 0.15) is 11.3 Å². The monoisotopic (exact) mass is 661 g/mol. The first-order valence-corrected chi connectivity index (χ1v) is 12.8. The minimum atomic E-state index is -5.04. The zero-order chi connectivity index (χ0) is 28.4. The molecule has 0 spiro atoms. The SMILES string of the molecule is Cc1cc(I)ccc1NC(=O)COc1ccc2c(=O)c(Oc3cnn(-c4ccccc4)c3)c(C(F)(F)F)oc2c1. The number of ether oxygens (including phenoxy) is 2. The Labute approximate surface area is 238 Å². The summed E-state index contributed by atoms with van der Waals surface area (Å²) in [4.78, 5) is 25.4. The molecule has 2 aromatic heterocycles. The maximum atomic E-state index is 13.9. The fraction of sp³-hybridized carbons (Fsp3) is 0.107. The summed E-state index contributed by atoms with van der Waals surface area (Å²) in [5.74, 6) is -3.15. The van der Waals surface area contributed by atoms with E-state index < -0.39 is 35.6 Å². The molecule has 0 radical (unpaired) electrons. The van der Waals surface area contributed by atoms with Gasteiger partial charge >= 0.3 is 6.18 Å². The highest BCUT2D eigenvalue weighted by Gasteiger charge is 2.40. The van der Waals surface area contributed by atoms with Gasteiger partial charge in [-0.15, -0.1) is 0 Å². The number of rotatable bonds is 7. The Balaban J connectivity index is 1.39. The molecule has 0 saturated carbocycles. The quantitative estimate of drug-likeness (QED) is 0.195. The zero-order valence-electron chi connectivity index (χ0n) is 20.7. The fourth-order valence-corrected chi connectivity index (χ4v) is 4.47. The van der Waals surface area contributed by atoms with E-state index in [1.807, 2.05) is 19.1 Å².